The van der Waals surface area contributed by atoms with Crippen molar-refractivity contribution < 1.29 is 18.0 Å². The quantitative estimate of drug-likeness (QED) is 0.888. The first-order valence-corrected chi connectivity index (χ1v) is 6.72. The molecule has 1 aromatic carbocycles. The summed E-state index contributed by atoms with van der Waals surface area (Å²) in [4.78, 5) is 0. The van der Waals surface area contributed by atoms with E-state index in [0.29, 0.717) is 23.6 Å². The van der Waals surface area contributed by atoms with E-state index in [-0.39, 0.29) is 12.6 Å². The van der Waals surface area contributed by atoms with Gasteiger partial charge in [-0.1, -0.05) is 19.0 Å². The first-order valence-electron chi connectivity index (χ1n) is 6.72. The van der Waals surface area contributed by atoms with Gasteiger partial charge in [-0.15, -0.1) is 0 Å². The molecule has 2 aromatic rings. The van der Waals surface area contributed by atoms with Crippen LogP contribution in [0.1, 0.15) is 30.9 Å². The highest BCUT2D eigenvalue weighted by Crippen LogP contribution is 2.24. The summed E-state index contributed by atoms with van der Waals surface area (Å²) in [5.41, 5.74) is 1.01. The zero-order chi connectivity index (χ0) is 15.4. The molecule has 0 saturated carbocycles. The lowest BCUT2D eigenvalue weighted by molar-refractivity contribution is 0.261. The minimum Gasteiger partial charge on any atom is -0.481 e. The van der Waals surface area contributed by atoms with Gasteiger partial charge >= 0.3 is 0 Å². The molecule has 0 spiro atoms. The second-order valence-electron chi connectivity index (χ2n) is 5.14. The van der Waals surface area contributed by atoms with Crippen LogP contribution in [-0.2, 0) is 13.2 Å². The average molecular weight is 296 g/mol. The number of aromatic nitrogens is 1. The molecule has 0 aliphatic heterocycles. The molecule has 1 aromatic heterocycles. The largest absolute Gasteiger partial charge is 0.481 e. The summed E-state index contributed by atoms with van der Waals surface area (Å²) in [5.74, 6) is -1.24. The Balaban J connectivity index is 2.06. The van der Waals surface area contributed by atoms with Gasteiger partial charge in [-0.2, -0.15) is 0 Å². The van der Waals surface area contributed by atoms with Gasteiger partial charge in [0.2, 0.25) is 0 Å². The number of hydrogen-bond donors (Lipinski definition) is 1. The molecular formula is C15H18F2N2O2. The van der Waals surface area contributed by atoms with Crippen molar-refractivity contribution in [1.82, 2.24) is 10.5 Å². The van der Waals surface area contributed by atoms with Crippen molar-refractivity contribution in [3.8, 4) is 5.75 Å². The maximum atomic E-state index is 13.9. The Labute approximate surface area is 122 Å². The van der Waals surface area contributed by atoms with Crippen LogP contribution in [-0.4, -0.2) is 11.2 Å². The molecule has 0 radical (unpaired) electrons. The van der Waals surface area contributed by atoms with Crippen LogP contribution >= 0.6 is 0 Å². The Hall–Kier alpha value is -1.95. The van der Waals surface area contributed by atoms with E-state index in [4.69, 9.17) is 9.26 Å². The van der Waals surface area contributed by atoms with E-state index in [1.165, 1.54) is 12.1 Å². The molecule has 6 heteroatoms. The highest BCUT2D eigenvalue weighted by Gasteiger charge is 2.14. The van der Waals surface area contributed by atoms with E-state index in [1.807, 2.05) is 13.8 Å². The zero-order valence-electron chi connectivity index (χ0n) is 12.2. The van der Waals surface area contributed by atoms with Crippen molar-refractivity contribution in [3.05, 3.63) is 46.9 Å². The second-order valence-corrected chi connectivity index (χ2v) is 5.14. The van der Waals surface area contributed by atoms with Crippen LogP contribution in [0.25, 0.3) is 0 Å². The number of hydrogen-bond acceptors (Lipinski definition) is 4. The van der Waals surface area contributed by atoms with Gasteiger partial charge in [0.05, 0.1) is 0 Å². The van der Waals surface area contributed by atoms with Gasteiger partial charge in [-0.25, -0.2) is 8.78 Å². The maximum Gasteiger partial charge on any atom is 0.191 e. The SMILES string of the molecule is Cc1cc(COc2c(F)cc(CNC(C)C)cc2F)no1. The highest BCUT2D eigenvalue weighted by atomic mass is 19.1. The van der Waals surface area contributed by atoms with E-state index in [9.17, 15) is 8.78 Å². The molecule has 0 amide bonds. The van der Waals surface area contributed by atoms with Crippen LogP contribution in [0.3, 0.4) is 0 Å². The van der Waals surface area contributed by atoms with Gasteiger partial charge in [0.25, 0.3) is 0 Å². The van der Waals surface area contributed by atoms with Gasteiger partial charge in [-0.05, 0) is 24.6 Å². The monoisotopic (exact) mass is 296 g/mol. The van der Waals surface area contributed by atoms with Crippen LogP contribution in [0.15, 0.2) is 22.7 Å². The predicted molar refractivity (Wildman–Crippen MR) is 73.9 cm³/mol. The van der Waals surface area contributed by atoms with Crippen LogP contribution in [0.2, 0.25) is 0 Å². The number of halogens is 2. The molecule has 2 rings (SSSR count). The smallest absolute Gasteiger partial charge is 0.191 e. The Morgan fingerprint density at radius 1 is 1.24 bits per heavy atom. The summed E-state index contributed by atoms with van der Waals surface area (Å²) in [6.45, 7) is 6.01. The van der Waals surface area contributed by atoms with Gasteiger partial charge < -0.3 is 14.6 Å². The van der Waals surface area contributed by atoms with Crippen molar-refractivity contribution in [2.75, 3.05) is 0 Å². The number of rotatable bonds is 6. The molecule has 114 valence electrons. The third-order valence-electron chi connectivity index (χ3n) is 2.81. The lowest BCUT2D eigenvalue weighted by atomic mass is 10.2. The fourth-order valence-corrected chi connectivity index (χ4v) is 1.81. The Bertz CT molecular complexity index is 588. The summed E-state index contributed by atoms with van der Waals surface area (Å²) < 4.78 is 37.8. The number of nitrogens with zero attached hydrogens (tertiary/aromatic N) is 1. The zero-order valence-corrected chi connectivity index (χ0v) is 12.2. The van der Waals surface area contributed by atoms with E-state index in [0.717, 1.165) is 0 Å². The van der Waals surface area contributed by atoms with E-state index >= 15 is 0 Å². The Morgan fingerprint density at radius 3 is 2.43 bits per heavy atom. The molecule has 0 fully saturated rings. The molecule has 0 bridgehead atoms. The third kappa shape index (κ3) is 4.26. The Morgan fingerprint density at radius 2 is 1.90 bits per heavy atom. The summed E-state index contributed by atoms with van der Waals surface area (Å²) >= 11 is 0. The van der Waals surface area contributed by atoms with Crippen molar-refractivity contribution in [1.29, 1.82) is 0 Å². The fourth-order valence-electron chi connectivity index (χ4n) is 1.81. The van der Waals surface area contributed by atoms with Crippen molar-refractivity contribution >= 4 is 0 Å². The third-order valence-corrected chi connectivity index (χ3v) is 2.81. The molecule has 1 N–H and O–H groups in total. The van der Waals surface area contributed by atoms with E-state index in [1.54, 1.807) is 13.0 Å². The van der Waals surface area contributed by atoms with Crippen LogP contribution in [0.5, 0.6) is 5.75 Å². The van der Waals surface area contributed by atoms with Crippen molar-refractivity contribution in [2.24, 2.45) is 0 Å². The van der Waals surface area contributed by atoms with Crippen molar-refractivity contribution in [2.45, 2.75) is 40.0 Å². The van der Waals surface area contributed by atoms with E-state index < -0.39 is 17.4 Å². The van der Waals surface area contributed by atoms with Crippen molar-refractivity contribution in [3.63, 3.8) is 0 Å². The number of benzene rings is 1. The maximum absolute atomic E-state index is 13.9. The van der Waals surface area contributed by atoms with Gasteiger partial charge in [0.15, 0.2) is 17.4 Å². The first kappa shape index (κ1) is 15.4. The number of ether oxygens (including phenoxy) is 1. The molecule has 0 saturated heterocycles. The summed E-state index contributed by atoms with van der Waals surface area (Å²) in [7, 11) is 0. The van der Waals surface area contributed by atoms with E-state index in [2.05, 4.69) is 10.5 Å². The van der Waals surface area contributed by atoms with Gasteiger partial charge in [0, 0.05) is 18.7 Å². The minimum atomic E-state index is -0.726. The molecule has 4 nitrogen and oxygen atoms in total. The Kier molecular flexibility index (Phi) is 4.90. The molecule has 21 heavy (non-hydrogen) atoms. The standard InChI is InChI=1S/C15H18F2N2O2/c1-9(2)18-7-11-5-13(16)15(14(17)6-11)20-8-12-4-10(3)21-19-12/h4-6,9,18H,7-8H2,1-3H3. The lowest BCUT2D eigenvalue weighted by Crippen LogP contribution is -2.22. The molecule has 0 unspecified atom stereocenters. The van der Waals surface area contributed by atoms with Gasteiger partial charge in [-0.3, -0.25) is 0 Å². The summed E-state index contributed by atoms with van der Waals surface area (Å²) in [5, 5.41) is 6.80. The minimum absolute atomic E-state index is 0.0469. The fraction of sp³-hybridized carbons (Fsp3) is 0.400. The summed E-state index contributed by atoms with van der Waals surface area (Å²) in [6.07, 6.45) is 0. The second kappa shape index (κ2) is 6.67. The molecule has 0 aliphatic carbocycles. The molecule has 1 heterocycles. The predicted octanol–water partition coefficient (Wildman–Crippen LogP) is 3.34. The molecule has 0 atom stereocenters. The number of nitrogens with one attached hydrogen (secondary N) is 1. The molecular weight excluding hydrogens is 278 g/mol. The number of aryl methyl sites for hydroxylation is 1. The van der Waals surface area contributed by atoms with Crippen LogP contribution in [0.4, 0.5) is 8.78 Å². The average Bonchev–Trinajstić information content (AvgIpc) is 2.81. The normalized spacial score (nSPS) is 11.1. The van der Waals surface area contributed by atoms with Crippen LogP contribution < -0.4 is 10.1 Å². The van der Waals surface area contributed by atoms with Gasteiger partial charge in [0.1, 0.15) is 18.1 Å². The summed E-state index contributed by atoms with van der Waals surface area (Å²) in [6, 6.07) is 4.42. The topological polar surface area (TPSA) is 47.3 Å². The van der Waals surface area contributed by atoms with Crippen LogP contribution in [0, 0.1) is 18.6 Å². The first-order chi connectivity index (χ1) is 9.95. The highest BCUT2D eigenvalue weighted by molar-refractivity contribution is 5.31. The molecule has 0 aliphatic rings. The lowest BCUT2D eigenvalue weighted by Gasteiger charge is -2.11.